The van der Waals surface area contributed by atoms with Gasteiger partial charge in [0.2, 0.25) is 11.6 Å². The molecule has 0 bridgehead atoms. The van der Waals surface area contributed by atoms with E-state index in [1.165, 1.54) is 0 Å². The van der Waals surface area contributed by atoms with Crippen molar-refractivity contribution >= 4 is 34.3 Å². The molecule has 0 fully saturated rings. The fraction of sp³-hybridized carbons (Fsp3) is 0.125. The third-order valence-electron chi connectivity index (χ3n) is 3.43. The summed E-state index contributed by atoms with van der Waals surface area (Å²) in [5.74, 6) is -1.80. The van der Waals surface area contributed by atoms with Gasteiger partial charge >= 0.3 is 5.69 Å². The molecule has 0 aliphatic heterocycles. The second kappa shape index (κ2) is 7.83. The molecule has 134 valence electrons. The fourth-order valence-electron chi connectivity index (χ4n) is 2.25. The van der Waals surface area contributed by atoms with Gasteiger partial charge in [-0.15, -0.1) is 11.3 Å². The summed E-state index contributed by atoms with van der Waals surface area (Å²) in [6.45, 7) is 0.433. The number of benzene rings is 1. The van der Waals surface area contributed by atoms with Crippen LogP contribution in [0, 0.1) is 21.7 Å². The molecule has 0 amide bonds. The van der Waals surface area contributed by atoms with Crippen LogP contribution in [-0.2, 0) is 6.42 Å². The van der Waals surface area contributed by atoms with Gasteiger partial charge in [0, 0.05) is 17.5 Å². The summed E-state index contributed by atoms with van der Waals surface area (Å²) in [6.07, 6.45) is 1.80. The number of nitrogens with zero attached hydrogens (tertiary/aromatic N) is 3. The van der Waals surface area contributed by atoms with Crippen LogP contribution in [0.4, 0.5) is 31.8 Å². The number of hydrogen-bond donors (Lipinski definition) is 2. The Hall–Kier alpha value is -3.14. The van der Waals surface area contributed by atoms with Crippen LogP contribution >= 0.6 is 11.3 Å². The first kappa shape index (κ1) is 17.7. The Labute approximate surface area is 150 Å². The fourth-order valence-corrected chi connectivity index (χ4v) is 2.96. The maximum absolute atomic E-state index is 13.8. The number of nitro groups is 1. The molecule has 0 spiro atoms. The largest absolute Gasteiger partial charge is 0.364 e. The molecule has 0 saturated carbocycles. The van der Waals surface area contributed by atoms with E-state index in [9.17, 15) is 18.9 Å². The predicted octanol–water partition coefficient (Wildman–Crippen LogP) is 4.12. The van der Waals surface area contributed by atoms with Crippen LogP contribution in [0.3, 0.4) is 0 Å². The van der Waals surface area contributed by atoms with Gasteiger partial charge in [0.1, 0.15) is 18.0 Å². The second-order valence-electron chi connectivity index (χ2n) is 5.18. The lowest BCUT2D eigenvalue weighted by Crippen LogP contribution is -2.10. The highest BCUT2D eigenvalue weighted by Gasteiger charge is 2.23. The minimum absolute atomic E-state index is 0.0200. The average Bonchev–Trinajstić information content (AvgIpc) is 3.11. The monoisotopic (exact) mass is 377 g/mol. The quantitative estimate of drug-likeness (QED) is 0.475. The highest BCUT2D eigenvalue weighted by atomic mass is 32.1. The molecule has 10 heteroatoms. The van der Waals surface area contributed by atoms with Crippen LogP contribution in [0.2, 0.25) is 0 Å². The van der Waals surface area contributed by atoms with Crippen molar-refractivity contribution in [3.05, 3.63) is 68.7 Å². The maximum Gasteiger partial charge on any atom is 0.353 e. The van der Waals surface area contributed by atoms with Crippen molar-refractivity contribution in [1.82, 2.24) is 9.97 Å². The average molecular weight is 377 g/mol. The molecule has 7 nitrogen and oxygen atoms in total. The van der Waals surface area contributed by atoms with E-state index in [4.69, 9.17) is 0 Å². The van der Waals surface area contributed by atoms with E-state index in [0.29, 0.717) is 19.0 Å². The van der Waals surface area contributed by atoms with Crippen LogP contribution in [-0.4, -0.2) is 21.4 Å². The zero-order valence-corrected chi connectivity index (χ0v) is 14.1. The molecule has 2 N–H and O–H groups in total. The maximum atomic E-state index is 13.8. The van der Waals surface area contributed by atoms with Crippen molar-refractivity contribution in [3.63, 3.8) is 0 Å². The smallest absolute Gasteiger partial charge is 0.353 e. The van der Waals surface area contributed by atoms with Crippen LogP contribution in [0.1, 0.15) is 4.88 Å². The summed E-state index contributed by atoms with van der Waals surface area (Å²) in [6, 6.07) is 6.74. The van der Waals surface area contributed by atoms with Gasteiger partial charge in [-0.3, -0.25) is 10.1 Å². The van der Waals surface area contributed by atoms with E-state index in [2.05, 4.69) is 20.6 Å². The molecule has 0 atom stereocenters. The number of anilines is 3. The Bertz CT molecular complexity index is 921. The number of thiophene rings is 1. The van der Waals surface area contributed by atoms with Crippen LogP contribution in [0.5, 0.6) is 0 Å². The van der Waals surface area contributed by atoms with Crippen LogP contribution < -0.4 is 10.6 Å². The summed E-state index contributed by atoms with van der Waals surface area (Å²) in [7, 11) is 0. The highest BCUT2D eigenvalue weighted by Crippen LogP contribution is 2.32. The Kier molecular flexibility index (Phi) is 5.32. The van der Waals surface area contributed by atoms with Gasteiger partial charge in [-0.25, -0.2) is 18.7 Å². The lowest BCUT2D eigenvalue weighted by atomic mass is 10.3. The second-order valence-corrected chi connectivity index (χ2v) is 6.21. The lowest BCUT2D eigenvalue weighted by molar-refractivity contribution is -0.383. The number of rotatable bonds is 7. The number of aromatic nitrogens is 2. The summed E-state index contributed by atoms with van der Waals surface area (Å²) in [5.41, 5.74) is -0.542. The lowest BCUT2D eigenvalue weighted by Gasteiger charge is -2.10. The Morgan fingerprint density at radius 2 is 2.00 bits per heavy atom. The SMILES string of the molecule is O=[N+]([O-])c1c(NCCc2cccs2)ncnc1Nc1ccc(F)cc1F. The molecule has 2 aromatic heterocycles. The Balaban J connectivity index is 1.82. The summed E-state index contributed by atoms with van der Waals surface area (Å²) >= 11 is 1.58. The number of nitrogens with one attached hydrogen (secondary N) is 2. The minimum atomic E-state index is -0.884. The van der Waals surface area contributed by atoms with Gasteiger partial charge in [-0.2, -0.15) is 0 Å². The Morgan fingerprint density at radius 1 is 1.19 bits per heavy atom. The Morgan fingerprint density at radius 3 is 2.69 bits per heavy atom. The first-order valence-corrected chi connectivity index (χ1v) is 8.40. The molecule has 0 radical (unpaired) electrons. The predicted molar refractivity (Wildman–Crippen MR) is 94.8 cm³/mol. The van der Waals surface area contributed by atoms with Crippen LogP contribution in [0.25, 0.3) is 0 Å². The van der Waals surface area contributed by atoms with E-state index < -0.39 is 22.2 Å². The molecule has 0 saturated heterocycles. The van der Waals surface area contributed by atoms with E-state index in [1.54, 1.807) is 11.3 Å². The molecular weight excluding hydrogens is 364 g/mol. The molecule has 2 heterocycles. The standard InChI is InChI=1S/C16H13F2N5O2S/c17-10-3-4-13(12(18)8-10)22-16-14(23(24)25)15(20-9-21-16)19-6-5-11-2-1-7-26-11/h1-4,7-9H,5-6H2,(H2,19,20,21,22). The number of hydrogen-bond acceptors (Lipinski definition) is 7. The van der Waals surface area contributed by atoms with Crippen molar-refractivity contribution < 1.29 is 13.7 Å². The van der Waals surface area contributed by atoms with Gasteiger partial charge < -0.3 is 10.6 Å². The van der Waals surface area contributed by atoms with E-state index in [-0.39, 0.29) is 17.3 Å². The minimum Gasteiger partial charge on any atom is -0.364 e. The van der Waals surface area contributed by atoms with Gasteiger partial charge in [0.05, 0.1) is 10.6 Å². The zero-order valence-electron chi connectivity index (χ0n) is 13.3. The molecule has 26 heavy (non-hydrogen) atoms. The van der Waals surface area contributed by atoms with Crippen molar-refractivity contribution in [1.29, 1.82) is 0 Å². The third kappa shape index (κ3) is 4.09. The molecule has 0 aliphatic carbocycles. The van der Waals surface area contributed by atoms with Gasteiger partial charge in [0.15, 0.2) is 0 Å². The highest BCUT2D eigenvalue weighted by molar-refractivity contribution is 7.09. The van der Waals surface area contributed by atoms with E-state index >= 15 is 0 Å². The molecule has 3 aromatic rings. The van der Waals surface area contributed by atoms with Gasteiger partial charge in [-0.05, 0) is 30.0 Å². The van der Waals surface area contributed by atoms with Crippen molar-refractivity contribution in [2.45, 2.75) is 6.42 Å². The van der Waals surface area contributed by atoms with Gasteiger partial charge in [0.25, 0.3) is 0 Å². The van der Waals surface area contributed by atoms with E-state index in [1.807, 2.05) is 17.5 Å². The summed E-state index contributed by atoms with van der Waals surface area (Å²) in [5, 5.41) is 18.8. The molecule has 3 rings (SSSR count). The number of halogens is 2. The van der Waals surface area contributed by atoms with Crippen molar-refractivity contribution in [2.24, 2.45) is 0 Å². The normalized spacial score (nSPS) is 10.5. The summed E-state index contributed by atoms with van der Waals surface area (Å²) in [4.78, 5) is 19.6. The summed E-state index contributed by atoms with van der Waals surface area (Å²) < 4.78 is 26.8. The molecule has 1 aromatic carbocycles. The third-order valence-corrected chi connectivity index (χ3v) is 4.37. The van der Waals surface area contributed by atoms with E-state index in [0.717, 1.165) is 23.3 Å². The topological polar surface area (TPSA) is 93.0 Å². The van der Waals surface area contributed by atoms with Crippen molar-refractivity contribution in [2.75, 3.05) is 17.2 Å². The first-order chi connectivity index (χ1) is 12.5. The molecular formula is C16H13F2N5O2S. The first-order valence-electron chi connectivity index (χ1n) is 7.52. The molecule has 0 unspecified atom stereocenters. The molecule has 0 aliphatic rings. The van der Waals surface area contributed by atoms with Gasteiger partial charge in [-0.1, -0.05) is 6.07 Å². The zero-order chi connectivity index (χ0) is 18.5. The van der Waals surface area contributed by atoms with Crippen LogP contribution in [0.15, 0.2) is 42.0 Å². The van der Waals surface area contributed by atoms with Crippen molar-refractivity contribution in [3.8, 4) is 0 Å².